The smallest absolute Gasteiger partial charge is 0.0563 e. The van der Waals surface area contributed by atoms with Crippen molar-refractivity contribution in [3.8, 4) is 0 Å². The Balaban J connectivity index is 0.000000292. The van der Waals surface area contributed by atoms with Crippen molar-refractivity contribution in [1.82, 2.24) is 0 Å². The lowest BCUT2D eigenvalue weighted by molar-refractivity contribution is 0.102. The van der Waals surface area contributed by atoms with Crippen molar-refractivity contribution >= 4 is 0 Å². The first-order chi connectivity index (χ1) is 6.10. The maximum atomic E-state index is 8.52. The zero-order valence-electron chi connectivity index (χ0n) is 10.9. The summed E-state index contributed by atoms with van der Waals surface area (Å²) >= 11 is 0. The van der Waals surface area contributed by atoms with Crippen LogP contribution in [0.1, 0.15) is 67.2 Å². The highest BCUT2D eigenvalue weighted by molar-refractivity contribution is 4.76. The highest BCUT2D eigenvalue weighted by Crippen LogP contribution is 2.37. The molecule has 0 saturated heterocycles. The van der Waals surface area contributed by atoms with Gasteiger partial charge in [0.25, 0.3) is 0 Å². The van der Waals surface area contributed by atoms with Crippen LogP contribution in [0.15, 0.2) is 0 Å². The Morgan fingerprint density at radius 2 is 1.64 bits per heavy atom. The normalized spacial score (nSPS) is 26.4. The molecular formula is C13H28O. The molecule has 86 valence electrons. The van der Waals surface area contributed by atoms with Crippen LogP contribution >= 0.6 is 0 Å². The van der Waals surface area contributed by atoms with E-state index in [4.69, 9.17) is 5.11 Å². The van der Waals surface area contributed by atoms with Crippen molar-refractivity contribution in [2.45, 2.75) is 72.8 Å². The maximum absolute atomic E-state index is 8.52. The van der Waals surface area contributed by atoms with E-state index in [0.29, 0.717) is 5.41 Å². The number of aliphatic hydroxyl groups is 1. The average Bonchev–Trinajstić information content (AvgIpc) is 1.78. The summed E-state index contributed by atoms with van der Waals surface area (Å²) in [6, 6.07) is 0. The molecule has 1 aliphatic rings. The molecule has 1 rings (SSSR count). The summed E-state index contributed by atoms with van der Waals surface area (Å²) in [5.74, 6) is 0.980. The lowest BCUT2D eigenvalue weighted by Gasteiger charge is -2.33. The summed E-state index contributed by atoms with van der Waals surface area (Å²) in [4.78, 5) is 0. The first kappa shape index (κ1) is 14.0. The fourth-order valence-corrected chi connectivity index (χ4v) is 2.08. The van der Waals surface area contributed by atoms with Crippen LogP contribution in [-0.4, -0.2) is 10.7 Å². The summed E-state index contributed by atoms with van der Waals surface area (Å²) in [7, 11) is 0. The Hall–Kier alpha value is -0.0400. The van der Waals surface area contributed by atoms with E-state index in [9.17, 15) is 0 Å². The molecule has 0 aromatic carbocycles. The van der Waals surface area contributed by atoms with Crippen LogP contribution in [0.3, 0.4) is 0 Å². The molecule has 0 heterocycles. The van der Waals surface area contributed by atoms with E-state index >= 15 is 0 Å². The molecule has 0 aliphatic heterocycles. The van der Waals surface area contributed by atoms with Crippen molar-refractivity contribution in [3.63, 3.8) is 0 Å². The van der Waals surface area contributed by atoms with Crippen molar-refractivity contribution in [2.24, 2.45) is 11.3 Å². The summed E-state index contributed by atoms with van der Waals surface area (Å²) in [6.07, 6.45) is 5.79. The van der Waals surface area contributed by atoms with Gasteiger partial charge in [0, 0.05) is 0 Å². The van der Waals surface area contributed by atoms with Crippen LogP contribution in [-0.2, 0) is 0 Å². The van der Waals surface area contributed by atoms with Gasteiger partial charge in [-0.1, -0.05) is 33.6 Å². The van der Waals surface area contributed by atoms with Gasteiger partial charge in [-0.2, -0.15) is 0 Å². The fourth-order valence-electron chi connectivity index (χ4n) is 2.08. The summed E-state index contributed by atoms with van der Waals surface area (Å²) in [5.41, 5.74) is 0.150. The molecule has 1 atom stereocenters. The maximum Gasteiger partial charge on any atom is 0.0563 e. The first-order valence-electron chi connectivity index (χ1n) is 5.82. The van der Waals surface area contributed by atoms with E-state index in [1.54, 1.807) is 20.8 Å². The van der Waals surface area contributed by atoms with Gasteiger partial charge in [-0.05, 0) is 44.9 Å². The lowest BCUT2D eigenvalue weighted by atomic mass is 9.73. The molecule has 14 heavy (non-hydrogen) atoms. The Kier molecular flexibility index (Phi) is 5.14. The summed E-state index contributed by atoms with van der Waals surface area (Å²) in [6.45, 7) is 12.4. The van der Waals surface area contributed by atoms with E-state index in [-0.39, 0.29) is 0 Å². The summed E-state index contributed by atoms with van der Waals surface area (Å²) < 4.78 is 0. The lowest BCUT2D eigenvalue weighted by Crippen LogP contribution is -2.20. The van der Waals surface area contributed by atoms with Crippen molar-refractivity contribution in [1.29, 1.82) is 0 Å². The monoisotopic (exact) mass is 200 g/mol. The molecule has 1 unspecified atom stereocenters. The second-order valence-electron chi connectivity index (χ2n) is 6.54. The third kappa shape index (κ3) is 10.0. The molecule has 1 N–H and O–H groups in total. The van der Waals surface area contributed by atoms with E-state index in [1.165, 1.54) is 25.7 Å². The van der Waals surface area contributed by atoms with Gasteiger partial charge < -0.3 is 5.11 Å². The molecule has 1 saturated carbocycles. The van der Waals surface area contributed by atoms with E-state index in [2.05, 4.69) is 20.8 Å². The zero-order chi connectivity index (χ0) is 11.4. The van der Waals surface area contributed by atoms with Crippen molar-refractivity contribution < 1.29 is 5.11 Å². The minimum atomic E-state index is -0.500. The van der Waals surface area contributed by atoms with Gasteiger partial charge in [-0.3, -0.25) is 0 Å². The minimum Gasteiger partial charge on any atom is -0.391 e. The number of hydrogen-bond donors (Lipinski definition) is 1. The Labute approximate surface area is 89.9 Å². The van der Waals surface area contributed by atoms with E-state index < -0.39 is 5.60 Å². The third-order valence-electron chi connectivity index (χ3n) is 2.45. The van der Waals surface area contributed by atoms with Crippen molar-refractivity contribution in [2.75, 3.05) is 0 Å². The van der Waals surface area contributed by atoms with Crippen LogP contribution < -0.4 is 0 Å². The zero-order valence-corrected chi connectivity index (χ0v) is 10.9. The van der Waals surface area contributed by atoms with E-state index in [1.807, 2.05) is 0 Å². The minimum absolute atomic E-state index is 0.500. The molecule has 1 fully saturated rings. The topological polar surface area (TPSA) is 20.2 Å². The summed E-state index contributed by atoms with van der Waals surface area (Å²) in [5, 5.41) is 8.52. The molecule has 0 amide bonds. The Morgan fingerprint density at radius 1 is 1.21 bits per heavy atom. The molecule has 1 nitrogen and oxygen atoms in total. The van der Waals surface area contributed by atoms with Gasteiger partial charge >= 0.3 is 0 Å². The molecule has 0 aromatic rings. The largest absolute Gasteiger partial charge is 0.391 e. The van der Waals surface area contributed by atoms with Crippen LogP contribution in [0, 0.1) is 11.3 Å². The second-order valence-corrected chi connectivity index (χ2v) is 6.54. The van der Waals surface area contributed by atoms with Gasteiger partial charge in [0.2, 0.25) is 0 Å². The molecule has 1 heteroatoms. The Morgan fingerprint density at radius 3 is 1.86 bits per heavy atom. The standard InChI is InChI=1S/C9H18.C4H10O/c1-8-5-4-6-9(2,3)7-8;1-4(2,3)5/h8H,4-7H2,1-3H3;5H,1-3H3. The fraction of sp³-hybridized carbons (Fsp3) is 1.00. The number of hydrogen-bond acceptors (Lipinski definition) is 1. The van der Waals surface area contributed by atoms with Crippen LogP contribution in [0.5, 0.6) is 0 Å². The predicted molar refractivity (Wildman–Crippen MR) is 63.4 cm³/mol. The second kappa shape index (κ2) is 5.16. The molecule has 0 bridgehead atoms. The van der Waals surface area contributed by atoms with Gasteiger partial charge in [-0.15, -0.1) is 0 Å². The van der Waals surface area contributed by atoms with Crippen LogP contribution in [0.2, 0.25) is 0 Å². The van der Waals surface area contributed by atoms with Gasteiger partial charge in [-0.25, -0.2) is 0 Å². The molecule has 1 aliphatic carbocycles. The average molecular weight is 200 g/mol. The highest BCUT2D eigenvalue weighted by atomic mass is 16.3. The Bertz CT molecular complexity index is 147. The van der Waals surface area contributed by atoms with Gasteiger partial charge in [0.15, 0.2) is 0 Å². The molecule has 0 spiro atoms. The first-order valence-corrected chi connectivity index (χ1v) is 5.82. The highest BCUT2D eigenvalue weighted by Gasteiger charge is 2.24. The van der Waals surface area contributed by atoms with Gasteiger partial charge in [0.05, 0.1) is 5.60 Å². The quantitative estimate of drug-likeness (QED) is 0.626. The van der Waals surface area contributed by atoms with E-state index in [0.717, 1.165) is 5.92 Å². The third-order valence-corrected chi connectivity index (χ3v) is 2.45. The van der Waals surface area contributed by atoms with Crippen molar-refractivity contribution in [3.05, 3.63) is 0 Å². The predicted octanol–water partition coefficient (Wildman–Crippen LogP) is 4.00. The van der Waals surface area contributed by atoms with Crippen LogP contribution in [0.25, 0.3) is 0 Å². The molecular weight excluding hydrogens is 172 g/mol. The van der Waals surface area contributed by atoms with Gasteiger partial charge in [0.1, 0.15) is 0 Å². The molecule has 0 aromatic heterocycles. The SMILES string of the molecule is CC(C)(C)O.CC1CCCC(C)(C)C1. The number of rotatable bonds is 0. The van der Waals surface area contributed by atoms with Crippen LogP contribution in [0.4, 0.5) is 0 Å². The molecule has 0 radical (unpaired) electrons.